The molecule has 0 saturated carbocycles. The second kappa shape index (κ2) is 11.4. The third kappa shape index (κ3) is 7.80. The number of carbonyl (C=O) groups is 3. The number of aromatic nitrogens is 1. The largest absolute Gasteiger partial charge is 0.350 e. The normalized spacial score (nSPS) is 11.2. The monoisotopic (exact) mass is 438 g/mol. The van der Waals surface area contributed by atoms with E-state index in [0.29, 0.717) is 17.4 Å². The fourth-order valence-electron chi connectivity index (χ4n) is 3.01. The van der Waals surface area contributed by atoms with Crippen LogP contribution in [0.2, 0.25) is 0 Å². The van der Waals surface area contributed by atoms with Gasteiger partial charge in [-0.2, -0.15) is 0 Å². The van der Waals surface area contributed by atoms with Crippen LogP contribution in [-0.4, -0.2) is 34.8 Å². The van der Waals surface area contributed by atoms with Crippen molar-refractivity contribution in [3.8, 4) is 0 Å². The second-order valence-electron chi connectivity index (χ2n) is 8.77. The number of nitrogens with one attached hydrogen (secondary N) is 2. The van der Waals surface area contributed by atoms with Gasteiger partial charge in [0.05, 0.1) is 0 Å². The third-order valence-electron chi connectivity index (χ3n) is 5.33. The summed E-state index contributed by atoms with van der Waals surface area (Å²) in [5.74, 6) is -0.0351. The maximum Gasteiger partial charge on any atom is 0.240 e. The first-order valence-electron chi connectivity index (χ1n) is 11.0. The number of amides is 3. The van der Waals surface area contributed by atoms with E-state index in [-0.39, 0.29) is 42.6 Å². The molecule has 3 amide bonds. The highest BCUT2D eigenvalue weighted by Gasteiger charge is 2.24. The topological polar surface area (TPSA) is 91.4 Å². The number of hydrogen-bond donors (Lipinski definition) is 2. The number of carbonyl (C=O) groups excluding carboxylic acids is 3. The molecule has 0 aliphatic carbocycles. The van der Waals surface area contributed by atoms with Crippen molar-refractivity contribution in [2.24, 2.45) is 0 Å². The minimum Gasteiger partial charge on any atom is -0.350 e. The van der Waals surface area contributed by atoms with Crippen LogP contribution < -0.4 is 15.5 Å². The van der Waals surface area contributed by atoms with Gasteiger partial charge in [-0.05, 0) is 56.0 Å². The maximum atomic E-state index is 13.0. The Balaban J connectivity index is 2.10. The standard InChI is InChI=1S/C25H34N4O3/c1-6-25(4,5)28-23(31)17-29(20-12-10-19(11-13-20)18(2)3)24(32)15-14-22(30)27-21-9-7-8-16-26-21/h7-13,16,18H,6,14-15,17H2,1-5H3,(H,28,31)(H,26,27,30). The highest BCUT2D eigenvalue weighted by Crippen LogP contribution is 2.21. The minimum absolute atomic E-state index is 0.00193. The molecule has 0 aliphatic heterocycles. The molecule has 1 aromatic carbocycles. The van der Waals surface area contributed by atoms with Crippen molar-refractivity contribution < 1.29 is 14.4 Å². The van der Waals surface area contributed by atoms with E-state index in [0.717, 1.165) is 12.0 Å². The zero-order valence-corrected chi connectivity index (χ0v) is 19.6. The van der Waals surface area contributed by atoms with E-state index in [4.69, 9.17) is 0 Å². The molecule has 0 bridgehead atoms. The molecule has 0 radical (unpaired) electrons. The van der Waals surface area contributed by atoms with Crippen molar-refractivity contribution in [2.45, 2.75) is 65.3 Å². The van der Waals surface area contributed by atoms with Crippen molar-refractivity contribution in [3.63, 3.8) is 0 Å². The summed E-state index contributed by atoms with van der Waals surface area (Å²) in [6, 6.07) is 12.8. The number of nitrogens with zero attached hydrogens (tertiary/aromatic N) is 2. The van der Waals surface area contributed by atoms with Crippen LogP contribution in [0.4, 0.5) is 11.5 Å². The number of benzene rings is 1. The van der Waals surface area contributed by atoms with Gasteiger partial charge in [-0.15, -0.1) is 0 Å². The second-order valence-corrected chi connectivity index (χ2v) is 8.77. The molecule has 7 heteroatoms. The lowest BCUT2D eigenvalue weighted by molar-refractivity contribution is -0.125. The average Bonchev–Trinajstić information content (AvgIpc) is 2.76. The Labute approximate surface area is 190 Å². The summed E-state index contributed by atoms with van der Waals surface area (Å²) < 4.78 is 0. The van der Waals surface area contributed by atoms with Crippen LogP contribution in [0.25, 0.3) is 0 Å². The predicted molar refractivity (Wildman–Crippen MR) is 127 cm³/mol. The number of rotatable bonds is 10. The number of hydrogen-bond acceptors (Lipinski definition) is 4. The molecular formula is C25H34N4O3. The molecule has 172 valence electrons. The highest BCUT2D eigenvalue weighted by molar-refractivity contribution is 6.01. The molecule has 1 heterocycles. The van der Waals surface area contributed by atoms with Gasteiger partial charge < -0.3 is 15.5 Å². The van der Waals surface area contributed by atoms with E-state index < -0.39 is 0 Å². The van der Waals surface area contributed by atoms with Gasteiger partial charge in [0, 0.05) is 30.3 Å². The molecule has 0 unspecified atom stereocenters. The van der Waals surface area contributed by atoms with Gasteiger partial charge in [0.15, 0.2) is 0 Å². The molecular weight excluding hydrogens is 404 g/mol. The highest BCUT2D eigenvalue weighted by atomic mass is 16.2. The Morgan fingerprint density at radius 2 is 1.69 bits per heavy atom. The summed E-state index contributed by atoms with van der Waals surface area (Å²) in [6.45, 7) is 9.96. The Bertz CT molecular complexity index is 909. The first kappa shape index (κ1) is 25.0. The van der Waals surface area contributed by atoms with Gasteiger partial charge in [0.25, 0.3) is 0 Å². The van der Waals surface area contributed by atoms with Crippen molar-refractivity contribution in [1.29, 1.82) is 0 Å². The quantitative estimate of drug-likeness (QED) is 0.580. The summed E-state index contributed by atoms with van der Waals surface area (Å²) >= 11 is 0. The summed E-state index contributed by atoms with van der Waals surface area (Å²) in [5.41, 5.74) is 1.41. The van der Waals surface area contributed by atoms with Crippen molar-refractivity contribution in [2.75, 3.05) is 16.8 Å². The Hall–Kier alpha value is -3.22. The smallest absolute Gasteiger partial charge is 0.240 e. The maximum absolute atomic E-state index is 13.0. The molecule has 0 atom stereocenters. The van der Waals surface area contributed by atoms with E-state index in [1.807, 2.05) is 45.0 Å². The lowest BCUT2D eigenvalue weighted by Crippen LogP contribution is -2.48. The summed E-state index contributed by atoms with van der Waals surface area (Å²) in [4.78, 5) is 43.4. The van der Waals surface area contributed by atoms with Crippen molar-refractivity contribution in [3.05, 3.63) is 54.2 Å². The number of pyridine rings is 1. The minimum atomic E-state index is -0.365. The van der Waals surface area contributed by atoms with Crippen LogP contribution in [0.3, 0.4) is 0 Å². The Morgan fingerprint density at radius 3 is 2.25 bits per heavy atom. The molecule has 0 spiro atoms. The first-order valence-corrected chi connectivity index (χ1v) is 11.0. The lowest BCUT2D eigenvalue weighted by atomic mass is 10.0. The summed E-state index contributed by atoms with van der Waals surface area (Å²) in [6.07, 6.45) is 2.33. The van der Waals surface area contributed by atoms with Gasteiger partial charge in [-0.3, -0.25) is 14.4 Å². The van der Waals surface area contributed by atoms with E-state index in [1.165, 1.54) is 4.90 Å². The van der Waals surface area contributed by atoms with Crippen LogP contribution in [0.15, 0.2) is 48.7 Å². The van der Waals surface area contributed by atoms with Gasteiger partial charge in [-0.1, -0.05) is 39.0 Å². The molecule has 0 saturated heterocycles. The SMILES string of the molecule is CCC(C)(C)NC(=O)CN(C(=O)CCC(=O)Nc1ccccn1)c1ccc(C(C)C)cc1. The molecule has 7 nitrogen and oxygen atoms in total. The Morgan fingerprint density at radius 1 is 1.00 bits per heavy atom. The summed E-state index contributed by atoms with van der Waals surface area (Å²) in [7, 11) is 0. The molecule has 2 rings (SSSR count). The van der Waals surface area contributed by atoms with Crippen molar-refractivity contribution >= 4 is 29.2 Å². The molecule has 2 aromatic rings. The molecule has 2 N–H and O–H groups in total. The van der Waals surface area contributed by atoms with Crippen LogP contribution in [0.1, 0.15) is 65.4 Å². The predicted octanol–water partition coefficient (Wildman–Crippen LogP) is 4.26. The van der Waals surface area contributed by atoms with Crippen molar-refractivity contribution in [1.82, 2.24) is 10.3 Å². The fraction of sp³-hybridized carbons (Fsp3) is 0.440. The Kier molecular flexibility index (Phi) is 8.93. The molecule has 32 heavy (non-hydrogen) atoms. The van der Waals surface area contributed by atoms with Gasteiger partial charge >= 0.3 is 0 Å². The van der Waals surface area contributed by atoms with Crippen LogP contribution in [0, 0.1) is 0 Å². The molecule has 0 fully saturated rings. The van der Waals surface area contributed by atoms with E-state index in [9.17, 15) is 14.4 Å². The van der Waals surface area contributed by atoms with Crippen LogP contribution in [-0.2, 0) is 14.4 Å². The van der Waals surface area contributed by atoms with Gasteiger partial charge in [-0.25, -0.2) is 4.98 Å². The zero-order valence-electron chi connectivity index (χ0n) is 19.6. The van der Waals surface area contributed by atoms with Crippen LogP contribution in [0.5, 0.6) is 0 Å². The third-order valence-corrected chi connectivity index (χ3v) is 5.33. The lowest BCUT2D eigenvalue weighted by Gasteiger charge is -2.28. The molecule has 1 aromatic heterocycles. The van der Waals surface area contributed by atoms with E-state index in [2.05, 4.69) is 29.5 Å². The van der Waals surface area contributed by atoms with E-state index >= 15 is 0 Å². The van der Waals surface area contributed by atoms with Gasteiger partial charge in [0.1, 0.15) is 12.4 Å². The fourth-order valence-corrected chi connectivity index (χ4v) is 3.01. The molecule has 0 aliphatic rings. The first-order chi connectivity index (χ1) is 15.1. The van der Waals surface area contributed by atoms with Crippen LogP contribution >= 0.6 is 0 Å². The van der Waals surface area contributed by atoms with E-state index in [1.54, 1.807) is 24.4 Å². The zero-order chi connectivity index (χ0) is 23.7. The summed E-state index contributed by atoms with van der Waals surface area (Å²) in [5, 5.41) is 5.64. The number of anilines is 2. The van der Waals surface area contributed by atoms with Gasteiger partial charge in [0.2, 0.25) is 17.7 Å². The average molecular weight is 439 g/mol.